The first-order valence-electron chi connectivity index (χ1n) is 9.86. The van der Waals surface area contributed by atoms with Crippen LogP contribution in [0.2, 0.25) is 0 Å². The highest BCUT2D eigenvalue weighted by atomic mass is 32.2. The fourth-order valence-corrected chi connectivity index (χ4v) is 6.56. The van der Waals surface area contributed by atoms with Crippen molar-refractivity contribution < 1.29 is 4.79 Å². The minimum absolute atomic E-state index is 0.0516. The third-order valence-corrected chi connectivity index (χ3v) is 8.60. The molecule has 1 saturated carbocycles. The number of rotatable bonds is 5. The van der Waals surface area contributed by atoms with Gasteiger partial charge in [0.1, 0.15) is 4.83 Å². The quantitative estimate of drug-likeness (QED) is 0.414. The number of thiophene rings is 2. The Morgan fingerprint density at radius 1 is 1.31 bits per heavy atom. The molecule has 0 atom stereocenters. The van der Waals surface area contributed by atoms with Crippen molar-refractivity contribution in [2.45, 2.75) is 43.8 Å². The summed E-state index contributed by atoms with van der Waals surface area (Å²) >= 11 is 4.46. The molecule has 0 bridgehead atoms. The average Bonchev–Trinajstić information content (AvgIpc) is 3.39. The molecule has 8 heteroatoms. The average molecular weight is 448 g/mol. The maximum absolute atomic E-state index is 13.0. The first-order valence-corrected chi connectivity index (χ1v) is 12.6. The Morgan fingerprint density at radius 3 is 2.76 bits per heavy atom. The molecule has 0 aromatic carbocycles. The molecule has 1 aliphatic rings. The molecular formula is C21H25N3O2S3. The van der Waals surface area contributed by atoms with Gasteiger partial charge in [-0.3, -0.25) is 14.2 Å². The van der Waals surface area contributed by atoms with E-state index in [-0.39, 0.29) is 11.5 Å². The molecule has 1 fully saturated rings. The second-order valence-corrected chi connectivity index (χ2v) is 10.5. The minimum atomic E-state index is -0.0516. The second-order valence-electron chi connectivity index (χ2n) is 7.77. The molecule has 3 heterocycles. The summed E-state index contributed by atoms with van der Waals surface area (Å²) in [6.07, 6.45) is 4.54. The topological polar surface area (TPSA) is 55.2 Å². The van der Waals surface area contributed by atoms with Crippen LogP contribution in [-0.4, -0.2) is 39.2 Å². The summed E-state index contributed by atoms with van der Waals surface area (Å²) in [6, 6.07) is 4.35. The SMILES string of the molecule is CC1CCC(N(C)C(=O)CSc2nc3scc(-c4cccs4)c3c(=O)n2C)CC1. The van der Waals surface area contributed by atoms with Crippen LogP contribution in [0.1, 0.15) is 32.6 Å². The van der Waals surface area contributed by atoms with Gasteiger partial charge in [-0.05, 0) is 43.0 Å². The van der Waals surface area contributed by atoms with Crippen LogP contribution in [0, 0.1) is 5.92 Å². The summed E-state index contributed by atoms with van der Waals surface area (Å²) in [5.74, 6) is 1.17. The van der Waals surface area contributed by atoms with E-state index in [0.29, 0.717) is 22.3 Å². The van der Waals surface area contributed by atoms with Gasteiger partial charge in [-0.15, -0.1) is 22.7 Å². The Balaban J connectivity index is 1.51. The largest absolute Gasteiger partial charge is 0.342 e. The molecule has 0 radical (unpaired) electrons. The Bertz CT molecular complexity index is 1060. The van der Waals surface area contributed by atoms with E-state index in [1.807, 2.05) is 34.8 Å². The number of fused-ring (bicyclic) bond motifs is 1. The molecule has 154 valence electrons. The third kappa shape index (κ3) is 4.15. The number of nitrogens with zero attached hydrogens (tertiary/aromatic N) is 3. The molecule has 4 rings (SSSR count). The monoisotopic (exact) mass is 447 g/mol. The molecule has 3 aromatic rings. The van der Waals surface area contributed by atoms with Crippen LogP contribution in [-0.2, 0) is 11.8 Å². The summed E-state index contributed by atoms with van der Waals surface area (Å²) in [5.41, 5.74) is 0.899. The van der Waals surface area contributed by atoms with Crippen molar-refractivity contribution >= 4 is 50.6 Å². The Morgan fingerprint density at radius 2 is 2.07 bits per heavy atom. The molecule has 0 aliphatic heterocycles. The normalized spacial score (nSPS) is 19.6. The van der Waals surface area contributed by atoms with Gasteiger partial charge in [-0.1, -0.05) is 24.8 Å². The van der Waals surface area contributed by atoms with Crippen LogP contribution >= 0.6 is 34.4 Å². The van der Waals surface area contributed by atoms with Gasteiger partial charge in [0.2, 0.25) is 5.91 Å². The number of amides is 1. The zero-order chi connectivity index (χ0) is 20.5. The van der Waals surface area contributed by atoms with E-state index < -0.39 is 0 Å². The van der Waals surface area contributed by atoms with Crippen LogP contribution in [0.15, 0.2) is 32.8 Å². The zero-order valence-corrected chi connectivity index (χ0v) is 19.3. The van der Waals surface area contributed by atoms with Crippen molar-refractivity contribution in [1.82, 2.24) is 14.5 Å². The molecule has 29 heavy (non-hydrogen) atoms. The minimum Gasteiger partial charge on any atom is -0.342 e. The first-order chi connectivity index (χ1) is 14.0. The van der Waals surface area contributed by atoms with Crippen molar-refractivity contribution in [1.29, 1.82) is 0 Å². The zero-order valence-electron chi connectivity index (χ0n) is 16.9. The van der Waals surface area contributed by atoms with E-state index in [1.54, 1.807) is 23.0 Å². The summed E-state index contributed by atoms with van der Waals surface area (Å²) in [6.45, 7) is 2.28. The number of carbonyl (C=O) groups excluding carboxylic acids is 1. The van der Waals surface area contributed by atoms with E-state index >= 15 is 0 Å². The van der Waals surface area contributed by atoms with Gasteiger partial charge in [0.05, 0.1) is 11.1 Å². The van der Waals surface area contributed by atoms with Crippen molar-refractivity contribution in [3.8, 4) is 10.4 Å². The van der Waals surface area contributed by atoms with Crippen LogP contribution in [0.3, 0.4) is 0 Å². The van der Waals surface area contributed by atoms with E-state index in [1.165, 1.54) is 35.9 Å². The van der Waals surface area contributed by atoms with E-state index in [9.17, 15) is 9.59 Å². The first kappa shape index (κ1) is 20.6. The number of hydrogen-bond acceptors (Lipinski definition) is 6. The van der Waals surface area contributed by atoms with Gasteiger partial charge in [0.15, 0.2) is 5.16 Å². The Hall–Kier alpha value is -1.64. The number of carbonyl (C=O) groups is 1. The number of aromatic nitrogens is 2. The van der Waals surface area contributed by atoms with Gasteiger partial charge in [-0.25, -0.2) is 4.98 Å². The maximum atomic E-state index is 13.0. The predicted octanol–water partition coefficient (Wildman–Crippen LogP) is 4.85. The molecule has 0 N–H and O–H groups in total. The molecule has 0 spiro atoms. The van der Waals surface area contributed by atoms with Gasteiger partial charge < -0.3 is 4.90 Å². The molecule has 1 amide bonds. The van der Waals surface area contributed by atoms with Crippen LogP contribution in [0.4, 0.5) is 0 Å². The van der Waals surface area contributed by atoms with Crippen molar-refractivity contribution in [2.75, 3.05) is 12.8 Å². The van der Waals surface area contributed by atoms with Crippen LogP contribution < -0.4 is 5.56 Å². The third-order valence-electron chi connectivity index (χ3n) is 5.81. The fourth-order valence-electron chi connectivity index (χ4n) is 3.86. The van der Waals surface area contributed by atoms with E-state index in [0.717, 1.165) is 34.0 Å². The Kier molecular flexibility index (Phi) is 6.13. The highest BCUT2D eigenvalue weighted by molar-refractivity contribution is 7.99. The maximum Gasteiger partial charge on any atom is 0.263 e. The van der Waals surface area contributed by atoms with Gasteiger partial charge in [-0.2, -0.15) is 0 Å². The van der Waals surface area contributed by atoms with Crippen molar-refractivity contribution in [2.24, 2.45) is 13.0 Å². The summed E-state index contributed by atoms with van der Waals surface area (Å²) in [4.78, 5) is 34.1. The van der Waals surface area contributed by atoms with Gasteiger partial charge in [0, 0.05) is 36.0 Å². The summed E-state index contributed by atoms with van der Waals surface area (Å²) in [7, 11) is 3.65. The van der Waals surface area contributed by atoms with E-state index in [2.05, 4.69) is 6.92 Å². The summed E-state index contributed by atoms with van der Waals surface area (Å²) < 4.78 is 1.58. The lowest BCUT2D eigenvalue weighted by molar-refractivity contribution is -0.129. The second kappa shape index (κ2) is 8.62. The molecule has 1 aliphatic carbocycles. The molecule has 0 saturated heterocycles. The Labute approximate surface area is 182 Å². The predicted molar refractivity (Wildman–Crippen MR) is 123 cm³/mol. The molecule has 0 unspecified atom stereocenters. The molecule has 5 nitrogen and oxygen atoms in total. The van der Waals surface area contributed by atoms with Crippen LogP contribution in [0.5, 0.6) is 0 Å². The van der Waals surface area contributed by atoms with Gasteiger partial charge in [0.25, 0.3) is 5.56 Å². The highest BCUT2D eigenvalue weighted by Gasteiger charge is 2.25. The van der Waals surface area contributed by atoms with Crippen molar-refractivity contribution in [3.05, 3.63) is 33.2 Å². The molecular weight excluding hydrogens is 422 g/mol. The fraction of sp³-hybridized carbons (Fsp3) is 0.476. The van der Waals surface area contributed by atoms with Crippen LogP contribution in [0.25, 0.3) is 20.7 Å². The van der Waals surface area contributed by atoms with E-state index in [4.69, 9.17) is 4.98 Å². The highest BCUT2D eigenvalue weighted by Crippen LogP contribution is 2.34. The van der Waals surface area contributed by atoms with Gasteiger partial charge >= 0.3 is 0 Å². The lowest BCUT2D eigenvalue weighted by atomic mass is 9.87. The lowest BCUT2D eigenvalue weighted by Gasteiger charge is -2.33. The number of hydrogen-bond donors (Lipinski definition) is 0. The smallest absolute Gasteiger partial charge is 0.263 e. The number of thioether (sulfide) groups is 1. The standard InChI is InChI=1S/C21H25N3O2S3/c1-13-6-8-14(9-7-13)23(2)17(25)12-29-21-22-19-18(20(26)24(21)3)15(11-28-19)16-5-4-10-27-16/h4-5,10-11,13-14H,6-9,12H2,1-3H3. The van der Waals surface area contributed by atoms with Crippen molar-refractivity contribution in [3.63, 3.8) is 0 Å². The summed E-state index contributed by atoms with van der Waals surface area (Å²) in [5, 5.41) is 5.28. The molecule has 3 aromatic heterocycles. The lowest BCUT2D eigenvalue weighted by Crippen LogP contribution is -2.40.